The van der Waals surface area contributed by atoms with Gasteiger partial charge in [-0.25, -0.2) is 0 Å². The minimum atomic E-state index is 0.287. The second-order valence-electron chi connectivity index (χ2n) is 1.69. The molecule has 0 amide bonds. The third-order valence-corrected chi connectivity index (χ3v) is 1.42. The standard InChI is InChI=1S/C5H8OS/c7-4-5-2-1-3-6-5/h4-5H,1-3H2. The van der Waals surface area contributed by atoms with E-state index in [2.05, 4.69) is 12.2 Å². The van der Waals surface area contributed by atoms with Crippen molar-refractivity contribution in [1.29, 1.82) is 0 Å². The Bertz CT molecular complexity index is 66.5. The summed E-state index contributed by atoms with van der Waals surface area (Å²) in [6.45, 7) is 0.901. The lowest BCUT2D eigenvalue weighted by Crippen LogP contribution is -2.02. The normalized spacial score (nSPS) is 30.6. The van der Waals surface area contributed by atoms with E-state index in [1.807, 2.05) is 0 Å². The topological polar surface area (TPSA) is 9.23 Å². The van der Waals surface area contributed by atoms with Crippen molar-refractivity contribution in [2.75, 3.05) is 6.61 Å². The summed E-state index contributed by atoms with van der Waals surface area (Å²) in [5.74, 6) is 0. The highest BCUT2D eigenvalue weighted by Gasteiger charge is 2.10. The largest absolute Gasteiger partial charge is 0.373 e. The van der Waals surface area contributed by atoms with Gasteiger partial charge in [-0.15, -0.1) is 0 Å². The summed E-state index contributed by atoms with van der Waals surface area (Å²) in [6, 6.07) is 0. The van der Waals surface area contributed by atoms with Crippen LogP contribution >= 0.6 is 12.2 Å². The number of thiocarbonyl (C=S) groups is 1. The predicted molar refractivity (Wildman–Crippen MR) is 32.6 cm³/mol. The summed E-state index contributed by atoms with van der Waals surface area (Å²) in [4.78, 5) is 0. The van der Waals surface area contributed by atoms with Gasteiger partial charge >= 0.3 is 0 Å². The molecule has 0 saturated carbocycles. The van der Waals surface area contributed by atoms with Crippen LogP contribution in [0.1, 0.15) is 12.8 Å². The number of hydrogen-bond acceptors (Lipinski definition) is 2. The highest BCUT2D eigenvalue weighted by atomic mass is 32.1. The van der Waals surface area contributed by atoms with Crippen molar-refractivity contribution in [1.82, 2.24) is 0 Å². The van der Waals surface area contributed by atoms with Crippen LogP contribution in [0, 0.1) is 0 Å². The quantitative estimate of drug-likeness (QED) is 0.475. The van der Waals surface area contributed by atoms with Gasteiger partial charge in [-0.3, -0.25) is 0 Å². The summed E-state index contributed by atoms with van der Waals surface area (Å²) >= 11 is 4.66. The monoisotopic (exact) mass is 116 g/mol. The first-order valence-electron chi connectivity index (χ1n) is 2.50. The second kappa shape index (κ2) is 2.38. The highest BCUT2D eigenvalue weighted by molar-refractivity contribution is 7.79. The minimum Gasteiger partial charge on any atom is -0.373 e. The van der Waals surface area contributed by atoms with Gasteiger partial charge in [0, 0.05) is 12.0 Å². The lowest BCUT2D eigenvalue weighted by atomic mass is 10.3. The van der Waals surface area contributed by atoms with Crippen LogP contribution in [0.2, 0.25) is 0 Å². The molecule has 0 bridgehead atoms. The average Bonchev–Trinajstić information content (AvgIpc) is 2.14. The van der Waals surface area contributed by atoms with E-state index in [0.29, 0.717) is 0 Å². The molecule has 1 fully saturated rings. The Hall–Kier alpha value is 0.0500. The second-order valence-corrected chi connectivity index (χ2v) is 1.96. The number of hydrogen-bond donors (Lipinski definition) is 0. The average molecular weight is 116 g/mol. The Morgan fingerprint density at radius 2 is 2.57 bits per heavy atom. The molecule has 1 atom stereocenters. The molecule has 1 nitrogen and oxygen atoms in total. The third kappa shape index (κ3) is 1.21. The van der Waals surface area contributed by atoms with Crippen molar-refractivity contribution >= 4 is 17.6 Å². The molecule has 1 aliphatic heterocycles. The van der Waals surface area contributed by atoms with Crippen LogP contribution in [0.25, 0.3) is 0 Å². The van der Waals surface area contributed by atoms with E-state index in [1.165, 1.54) is 6.42 Å². The van der Waals surface area contributed by atoms with Crippen molar-refractivity contribution in [3.8, 4) is 0 Å². The minimum absolute atomic E-state index is 0.287. The van der Waals surface area contributed by atoms with Gasteiger partial charge in [-0.2, -0.15) is 0 Å². The third-order valence-electron chi connectivity index (χ3n) is 1.12. The molecule has 0 spiro atoms. The maximum atomic E-state index is 5.14. The molecular weight excluding hydrogens is 108 g/mol. The number of ether oxygens (including phenoxy) is 1. The maximum absolute atomic E-state index is 5.14. The van der Waals surface area contributed by atoms with Crippen molar-refractivity contribution < 1.29 is 4.74 Å². The Morgan fingerprint density at radius 3 is 2.86 bits per heavy atom. The SMILES string of the molecule is S=CC1CCCO1. The van der Waals surface area contributed by atoms with Crippen LogP contribution in [0.4, 0.5) is 0 Å². The molecule has 0 aromatic heterocycles. The first-order valence-corrected chi connectivity index (χ1v) is 2.97. The van der Waals surface area contributed by atoms with Crippen molar-refractivity contribution in [2.45, 2.75) is 18.9 Å². The molecule has 0 aromatic carbocycles. The number of rotatable bonds is 1. The maximum Gasteiger partial charge on any atom is 0.0858 e. The fourth-order valence-electron chi connectivity index (χ4n) is 0.710. The fraction of sp³-hybridized carbons (Fsp3) is 0.800. The van der Waals surface area contributed by atoms with E-state index < -0.39 is 0 Å². The van der Waals surface area contributed by atoms with Crippen LogP contribution in [0.15, 0.2) is 0 Å². The van der Waals surface area contributed by atoms with Gasteiger partial charge in [-0.05, 0) is 12.8 Å². The van der Waals surface area contributed by atoms with Gasteiger partial charge in [0.25, 0.3) is 0 Å². The molecule has 0 radical (unpaired) electrons. The van der Waals surface area contributed by atoms with Crippen LogP contribution in [0.3, 0.4) is 0 Å². The zero-order valence-corrected chi connectivity index (χ0v) is 4.91. The smallest absolute Gasteiger partial charge is 0.0858 e. The summed E-state index contributed by atoms with van der Waals surface area (Å²) in [6.07, 6.45) is 2.59. The molecule has 1 heterocycles. The van der Waals surface area contributed by atoms with E-state index in [9.17, 15) is 0 Å². The summed E-state index contributed by atoms with van der Waals surface area (Å²) in [5.41, 5.74) is 0. The van der Waals surface area contributed by atoms with Gasteiger partial charge in [0.15, 0.2) is 0 Å². The molecule has 1 aliphatic rings. The zero-order valence-electron chi connectivity index (χ0n) is 4.09. The molecule has 0 N–H and O–H groups in total. The van der Waals surface area contributed by atoms with Gasteiger partial charge in [-0.1, -0.05) is 12.2 Å². The fourth-order valence-corrected chi connectivity index (χ4v) is 0.925. The van der Waals surface area contributed by atoms with Gasteiger partial charge in [0.05, 0.1) is 6.10 Å². The van der Waals surface area contributed by atoms with E-state index in [1.54, 1.807) is 5.37 Å². The van der Waals surface area contributed by atoms with Crippen LogP contribution < -0.4 is 0 Å². The lowest BCUT2D eigenvalue weighted by Gasteiger charge is -1.95. The molecule has 0 aromatic rings. The molecule has 1 unspecified atom stereocenters. The molecule has 0 aliphatic carbocycles. The first kappa shape index (κ1) is 5.19. The molecular formula is C5H8OS. The summed E-state index contributed by atoms with van der Waals surface area (Å²) in [7, 11) is 0. The molecule has 2 heteroatoms. The molecule has 40 valence electrons. The first-order chi connectivity index (χ1) is 3.43. The predicted octanol–water partition coefficient (Wildman–Crippen LogP) is 1.17. The van der Waals surface area contributed by atoms with Crippen LogP contribution in [0.5, 0.6) is 0 Å². The van der Waals surface area contributed by atoms with Gasteiger partial charge < -0.3 is 4.74 Å². The van der Waals surface area contributed by atoms with E-state index >= 15 is 0 Å². The van der Waals surface area contributed by atoms with Crippen molar-refractivity contribution in [2.24, 2.45) is 0 Å². The van der Waals surface area contributed by atoms with E-state index in [-0.39, 0.29) is 6.10 Å². The van der Waals surface area contributed by atoms with Crippen LogP contribution in [-0.4, -0.2) is 18.1 Å². The van der Waals surface area contributed by atoms with Gasteiger partial charge in [0.2, 0.25) is 0 Å². The Labute approximate surface area is 48.7 Å². The highest BCUT2D eigenvalue weighted by Crippen LogP contribution is 2.08. The summed E-state index contributed by atoms with van der Waals surface area (Å²) < 4.78 is 5.14. The molecule has 1 rings (SSSR count). The zero-order chi connectivity index (χ0) is 5.11. The Morgan fingerprint density at radius 1 is 1.71 bits per heavy atom. The van der Waals surface area contributed by atoms with Gasteiger partial charge in [0.1, 0.15) is 0 Å². The van der Waals surface area contributed by atoms with E-state index in [4.69, 9.17) is 4.74 Å². The molecule has 7 heavy (non-hydrogen) atoms. The van der Waals surface area contributed by atoms with E-state index in [0.717, 1.165) is 13.0 Å². The van der Waals surface area contributed by atoms with Crippen molar-refractivity contribution in [3.63, 3.8) is 0 Å². The lowest BCUT2D eigenvalue weighted by molar-refractivity contribution is 0.163. The molecule has 1 saturated heterocycles. The van der Waals surface area contributed by atoms with Crippen molar-refractivity contribution in [3.05, 3.63) is 0 Å². The Balaban J connectivity index is 2.26. The van der Waals surface area contributed by atoms with Crippen LogP contribution in [-0.2, 0) is 4.74 Å². The summed E-state index contributed by atoms with van der Waals surface area (Å²) in [5, 5.41) is 1.70. The Kier molecular flexibility index (Phi) is 1.77.